The highest BCUT2D eigenvalue weighted by Crippen LogP contribution is 2.34. The van der Waals surface area contributed by atoms with Gasteiger partial charge in [-0.05, 0) is 18.3 Å². The Morgan fingerprint density at radius 2 is 2.25 bits per heavy atom. The third-order valence-electron chi connectivity index (χ3n) is 3.86. The molecule has 2 rings (SSSR count). The molecule has 1 aliphatic rings. The Kier molecular flexibility index (Phi) is 2.99. The van der Waals surface area contributed by atoms with Gasteiger partial charge in [-0.3, -0.25) is 9.89 Å². The van der Waals surface area contributed by atoms with E-state index in [4.69, 9.17) is 0 Å². The van der Waals surface area contributed by atoms with E-state index in [0.717, 1.165) is 25.9 Å². The van der Waals surface area contributed by atoms with Gasteiger partial charge in [0.05, 0.1) is 11.8 Å². The number of carbonyl (C=O) groups is 1. The summed E-state index contributed by atoms with van der Waals surface area (Å²) in [4.78, 5) is 14.0. The fourth-order valence-corrected chi connectivity index (χ4v) is 2.15. The van der Waals surface area contributed by atoms with E-state index >= 15 is 0 Å². The summed E-state index contributed by atoms with van der Waals surface area (Å²) < 4.78 is 0. The van der Waals surface area contributed by atoms with Crippen LogP contribution in [-0.4, -0.2) is 34.1 Å². The molecule has 0 saturated carbocycles. The van der Waals surface area contributed by atoms with E-state index in [1.807, 2.05) is 4.90 Å². The van der Waals surface area contributed by atoms with Crippen LogP contribution in [0.25, 0.3) is 0 Å². The van der Waals surface area contributed by atoms with Crippen molar-refractivity contribution in [2.75, 3.05) is 13.1 Å². The summed E-state index contributed by atoms with van der Waals surface area (Å²) in [6.45, 7) is 6.28. The molecule has 16 heavy (non-hydrogen) atoms. The number of carbonyl (C=O) groups excluding carboxylic acids is 1. The highest BCUT2D eigenvalue weighted by molar-refractivity contribution is 5.93. The molecule has 0 radical (unpaired) electrons. The average Bonchev–Trinajstić information content (AvgIpc) is 2.83. The Morgan fingerprint density at radius 3 is 2.75 bits per heavy atom. The first kappa shape index (κ1) is 11.2. The molecule has 1 N–H and O–H groups in total. The summed E-state index contributed by atoms with van der Waals surface area (Å²) in [6.07, 6.45) is 6.66. The van der Waals surface area contributed by atoms with Crippen molar-refractivity contribution in [3.63, 3.8) is 0 Å². The predicted octanol–water partition coefficient (Wildman–Crippen LogP) is 2.06. The summed E-state index contributed by atoms with van der Waals surface area (Å²) in [5.74, 6) is 0.104. The van der Waals surface area contributed by atoms with Crippen molar-refractivity contribution in [3.05, 3.63) is 18.0 Å². The normalized spacial score (nSPS) is 19.8. The second-order valence-corrected chi connectivity index (χ2v) is 4.94. The van der Waals surface area contributed by atoms with Gasteiger partial charge in [-0.15, -0.1) is 0 Å². The summed E-state index contributed by atoms with van der Waals surface area (Å²) in [5, 5.41) is 6.49. The third-order valence-corrected chi connectivity index (χ3v) is 3.86. The van der Waals surface area contributed by atoms with E-state index in [1.165, 1.54) is 6.42 Å². The molecule has 0 atom stereocenters. The number of likely N-dealkylation sites (tertiary alicyclic amines) is 1. The van der Waals surface area contributed by atoms with Gasteiger partial charge < -0.3 is 4.90 Å². The third kappa shape index (κ3) is 2.10. The maximum atomic E-state index is 12.0. The highest BCUT2D eigenvalue weighted by atomic mass is 16.2. The van der Waals surface area contributed by atoms with Crippen molar-refractivity contribution in [2.45, 2.75) is 33.1 Å². The largest absolute Gasteiger partial charge is 0.339 e. The monoisotopic (exact) mass is 221 g/mol. The van der Waals surface area contributed by atoms with Crippen molar-refractivity contribution in [2.24, 2.45) is 5.41 Å². The standard InChI is InChI=1S/C12H19N3O/c1-3-12(2)4-6-15(7-5-12)11(16)10-8-13-14-9-10/h8-9H,3-7H2,1-2H3,(H,13,14). The number of hydrogen-bond acceptors (Lipinski definition) is 2. The zero-order chi connectivity index (χ0) is 11.6. The van der Waals surface area contributed by atoms with Crippen LogP contribution < -0.4 is 0 Å². The van der Waals surface area contributed by atoms with Crippen LogP contribution in [0.5, 0.6) is 0 Å². The van der Waals surface area contributed by atoms with Crippen molar-refractivity contribution >= 4 is 5.91 Å². The molecule has 1 saturated heterocycles. The first-order valence-corrected chi connectivity index (χ1v) is 5.93. The minimum atomic E-state index is 0.104. The zero-order valence-corrected chi connectivity index (χ0v) is 9.99. The molecule has 4 nitrogen and oxygen atoms in total. The highest BCUT2D eigenvalue weighted by Gasteiger charge is 2.30. The average molecular weight is 221 g/mol. The fourth-order valence-electron chi connectivity index (χ4n) is 2.15. The quantitative estimate of drug-likeness (QED) is 0.831. The van der Waals surface area contributed by atoms with Gasteiger partial charge in [0, 0.05) is 19.3 Å². The van der Waals surface area contributed by atoms with E-state index in [0.29, 0.717) is 11.0 Å². The van der Waals surface area contributed by atoms with E-state index in [1.54, 1.807) is 12.4 Å². The number of rotatable bonds is 2. The molecule has 2 heterocycles. The molecule has 4 heteroatoms. The summed E-state index contributed by atoms with van der Waals surface area (Å²) in [6, 6.07) is 0. The van der Waals surface area contributed by atoms with Gasteiger partial charge in [-0.1, -0.05) is 20.3 Å². The number of nitrogens with zero attached hydrogens (tertiary/aromatic N) is 2. The Morgan fingerprint density at radius 1 is 1.56 bits per heavy atom. The minimum absolute atomic E-state index is 0.104. The van der Waals surface area contributed by atoms with E-state index in [2.05, 4.69) is 24.0 Å². The van der Waals surface area contributed by atoms with Crippen LogP contribution in [0.3, 0.4) is 0 Å². The summed E-state index contributed by atoms with van der Waals surface area (Å²) in [7, 11) is 0. The van der Waals surface area contributed by atoms with Crippen LogP contribution in [0, 0.1) is 5.41 Å². The van der Waals surface area contributed by atoms with Crippen molar-refractivity contribution in [3.8, 4) is 0 Å². The van der Waals surface area contributed by atoms with Crippen LogP contribution in [0.2, 0.25) is 0 Å². The number of H-pyrrole nitrogens is 1. The molecule has 1 amide bonds. The van der Waals surface area contributed by atoms with Gasteiger partial charge in [0.15, 0.2) is 0 Å². The number of piperidine rings is 1. The maximum Gasteiger partial charge on any atom is 0.257 e. The lowest BCUT2D eigenvalue weighted by molar-refractivity contribution is 0.0600. The zero-order valence-electron chi connectivity index (χ0n) is 9.99. The van der Waals surface area contributed by atoms with E-state index < -0.39 is 0 Å². The Hall–Kier alpha value is -1.32. The van der Waals surface area contributed by atoms with Crippen molar-refractivity contribution < 1.29 is 4.79 Å². The number of nitrogens with one attached hydrogen (secondary N) is 1. The van der Waals surface area contributed by atoms with Gasteiger partial charge in [-0.2, -0.15) is 5.10 Å². The smallest absolute Gasteiger partial charge is 0.257 e. The van der Waals surface area contributed by atoms with Crippen LogP contribution in [-0.2, 0) is 0 Å². The Balaban J connectivity index is 1.97. The molecule has 1 aliphatic heterocycles. The Labute approximate surface area is 96.0 Å². The molecule has 0 unspecified atom stereocenters. The lowest BCUT2D eigenvalue weighted by Gasteiger charge is -2.38. The van der Waals surface area contributed by atoms with Crippen molar-refractivity contribution in [1.29, 1.82) is 0 Å². The van der Waals surface area contributed by atoms with Crippen LogP contribution in [0.4, 0.5) is 0 Å². The van der Waals surface area contributed by atoms with Gasteiger partial charge in [0.2, 0.25) is 0 Å². The molecule has 0 aliphatic carbocycles. The molecule has 1 fully saturated rings. The first-order chi connectivity index (χ1) is 7.64. The van der Waals surface area contributed by atoms with Crippen LogP contribution in [0.1, 0.15) is 43.5 Å². The molecule has 88 valence electrons. The predicted molar refractivity (Wildman–Crippen MR) is 62.1 cm³/mol. The molecular formula is C12H19N3O. The van der Waals surface area contributed by atoms with Crippen LogP contribution >= 0.6 is 0 Å². The maximum absolute atomic E-state index is 12.0. The van der Waals surface area contributed by atoms with Crippen LogP contribution in [0.15, 0.2) is 12.4 Å². The second kappa shape index (κ2) is 4.28. The van der Waals surface area contributed by atoms with Gasteiger partial charge in [0.25, 0.3) is 5.91 Å². The van der Waals surface area contributed by atoms with Gasteiger partial charge in [-0.25, -0.2) is 0 Å². The molecule has 1 aromatic rings. The summed E-state index contributed by atoms with van der Waals surface area (Å²) >= 11 is 0. The van der Waals surface area contributed by atoms with Gasteiger partial charge in [0.1, 0.15) is 0 Å². The van der Waals surface area contributed by atoms with Gasteiger partial charge >= 0.3 is 0 Å². The SMILES string of the molecule is CCC1(C)CCN(C(=O)c2cn[nH]c2)CC1. The minimum Gasteiger partial charge on any atom is -0.339 e. The molecule has 1 aromatic heterocycles. The lowest BCUT2D eigenvalue weighted by atomic mass is 9.78. The number of aromatic nitrogens is 2. The number of amides is 1. The Bertz CT molecular complexity index is 350. The van der Waals surface area contributed by atoms with Crippen molar-refractivity contribution in [1.82, 2.24) is 15.1 Å². The van der Waals surface area contributed by atoms with E-state index in [-0.39, 0.29) is 5.91 Å². The molecule has 0 aromatic carbocycles. The second-order valence-electron chi connectivity index (χ2n) is 4.94. The first-order valence-electron chi connectivity index (χ1n) is 5.93. The molecular weight excluding hydrogens is 202 g/mol. The number of hydrogen-bond donors (Lipinski definition) is 1. The number of aromatic amines is 1. The summed E-state index contributed by atoms with van der Waals surface area (Å²) in [5.41, 5.74) is 1.09. The fraction of sp³-hybridized carbons (Fsp3) is 0.667. The topological polar surface area (TPSA) is 49.0 Å². The molecule has 0 spiro atoms. The van der Waals surface area contributed by atoms with E-state index in [9.17, 15) is 4.79 Å². The lowest BCUT2D eigenvalue weighted by Crippen LogP contribution is -2.41. The molecule has 0 bridgehead atoms.